The number of halogens is 1. The number of carbonyl (C=O) groups excluding carboxylic acids is 2. The predicted molar refractivity (Wildman–Crippen MR) is 104 cm³/mol. The van der Waals surface area contributed by atoms with Gasteiger partial charge in [0.1, 0.15) is 5.75 Å². The van der Waals surface area contributed by atoms with Crippen LogP contribution in [0, 0.1) is 0 Å². The van der Waals surface area contributed by atoms with Crippen molar-refractivity contribution in [3.8, 4) is 0 Å². The maximum absolute atomic E-state index is 12.3. The van der Waals surface area contributed by atoms with Crippen LogP contribution in [0.4, 0.5) is 5.69 Å². The van der Waals surface area contributed by atoms with Crippen molar-refractivity contribution in [2.75, 3.05) is 24.2 Å². The molecule has 3 rings (SSSR count). The van der Waals surface area contributed by atoms with Crippen molar-refractivity contribution in [1.82, 2.24) is 4.90 Å². The van der Waals surface area contributed by atoms with Gasteiger partial charge in [0.25, 0.3) is 5.91 Å². The van der Waals surface area contributed by atoms with E-state index in [1.54, 1.807) is 29.2 Å². The summed E-state index contributed by atoms with van der Waals surface area (Å²) in [6.07, 6.45) is 2.03. The molecule has 0 spiro atoms. The lowest BCUT2D eigenvalue weighted by Crippen LogP contribution is -2.27. The van der Waals surface area contributed by atoms with E-state index in [1.807, 2.05) is 0 Å². The first kappa shape index (κ1) is 19.4. The zero-order valence-corrected chi connectivity index (χ0v) is 16.1. The number of sulfone groups is 1. The SMILES string of the molecule is O=C(CS(=O)(=O)c1ccc(Cl)cc1)Nc1ccc(C(=O)N2CCCC2)cc1. The van der Waals surface area contributed by atoms with Crippen molar-refractivity contribution in [3.05, 3.63) is 59.1 Å². The predicted octanol–water partition coefficient (Wildman–Crippen LogP) is 2.99. The van der Waals surface area contributed by atoms with Gasteiger partial charge in [-0.05, 0) is 61.4 Å². The number of amides is 2. The first-order valence-electron chi connectivity index (χ1n) is 8.53. The van der Waals surface area contributed by atoms with Gasteiger partial charge < -0.3 is 10.2 Å². The van der Waals surface area contributed by atoms with Gasteiger partial charge in [0, 0.05) is 29.4 Å². The Morgan fingerprint density at radius 1 is 0.963 bits per heavy atom. The number of hydrogen-bond acceptors (Lipinski definition) is 4. The van der Waals surface area contributed by atoms with Crippen LogP contribution < -0.4 is 5.32 Å². The zero-order chi connectivity index (χ0) is 19.4. The van der Waals surface area contributed by atoms with Gasteiger partial charge >= 0.3 is 0 Å². The minimum Gasteiger partial charge on any atom is -0.339 e. The van der Waals surface area contributed by atoms with Crippen LogP contribution in [-0.4, -0.2) is 44.0 Å². The van der Waals surface area contributed by atoms with Crippen molar-refractivity contribution < 1.29 is 18.0 Å². The highest BCUT2D eigenvalue weighted by Crippen LogP contribution is 2.17. The summed E-state index contributed by atoms with van der Waals surface area (Å²) >= 11 is 5.75. The van der Waals surface area contributed by atoms with Crippen molar-refractivity contribution >= 4 is 38.9 Å². The number of carbonyl (C=O) groups is 2. The summed E-state index contributed by atoms with van der Waals surface area (Å²) in [7, 11) is -3.76. The van der Waals surface area contributed by atoms with Gasteiger partial charge in [-0.25, -0.2) is 8.42 Å². The van der Waals surface area contributed by atoms with Gasteiger partial charge in [0.05, 0.1) is 4.90 Å². The third kappa shape index (κ3) is 4.87. The summed E-state index contributed by atoms with van der Waals surface area (Å²) < 4.78 is 24.6. The van der Waals surface area contributed by atoms with Gasteiger partial charge in [-0.3, -0.25) is 9.59 Å². The largest absolute Gasteiger partial charge is 0.339 e. The molecule has 1 saturated heterocycles. The van der Waals surface area contributed by atoms with Crippen molar-refractivity contribution in [3.63, 3.8) is 0 Å². The number of rotatable bonds is 5. The van der Waals surface area contributed by atoms with E-state index in [2.05, 4.69) is 5.32 Å². The fourth-order valence-corrected chi connectivity index (χ4v) is 4.15. The van der Waals surface area contributed by atoms with E-state index in [-0.39, 0.29) is 10.8 Å². The van der Waals surface area contributed by atoms with E-state index in [4.69, 9.17) is 11.6 Å². The molecule has 0 aliphatic carbocycles. The van der Waals surface area contributed by atoms with Crippen LogP contribution in [0.5, 0.6) is 0 Å². The molecular formula is C19H19ClN2O4S. The monoisotopic (exact) mass is 406 g/mol. The van der Waals surface area contributed by atoms with E-state index in [9.17, 15) is 18.0 Å². The van der Waals surface area contributed by atoms with Crippen LogP contribution in [0.25, 0.3) is 0 Å². The van der Waals surface area contributed by atoms with Crippen LogP contribution in [0.3, 0.4) is 0 Å². The lowest BCUT2D eigenvalue weighted by molar-refractivity contribution is -0.113. The van der Waals surface area contributed by atoms with Gasteiger partial charge in [-0.2, -0.15) is 0 Å². The highest BCUT2D eigenvalue weighted by atomic mass is 35.5. The van der Waals surface area contributed by atoms with Crippen molar-refractivity contribution in [2.45, 2.75) is 17.7 Å². The summed E-state index contributed by atoms with van der Waals surface area (Å²) in [5.74, 6) is -1.36. The van der Waals surface area contributed by atoms with Crippen molar-refractivity contribution in [1.29, 1.82) is 0 Å². The summed E-state index contributed by atoms with van der Waals surface area (Å²) in [4.78, 5) is 26.2. The molecule has 0 radical (unpaired) electrons. The Kier molecular flexibility index (Phi) is 5.82. The highest BCUT2D eigenvalue weighted by Gasteiger charge is 2.21. The van der Waals surface area contributed by atoms with E-state index in [1.165, 1.54) is 24.3 Å². The third-order valence-electron chi connectivity index (χ3n) is 4.30. The van der Waals surface area contributed by atoms with Crippen molar-refractivity contribution in [2.24, 2.45) is 0 Å². The normalized spacial score (nSPS) is 14.2. The summed E-state index contributed by atoms with van der Waals surface area (Å²) in [5, 5.41) is 2.96. The Balaban J connectivity index is 1.62. The molecule has 0 aromatic heterocycles. The molecule has 1 N–H and O–H groups in total. The Morgan fingerprint density at radius 3 is 2.15 bits per heavy atom. The van der Waals surface area contributed by atoms with Gasteiger partial charge in [-0.1, -0.05) is 11.6 Å². The van der Waals surface area contributed by atoms with Gasteiger partial charge in [-0.15, -0.1) is 0 Å². The molecule has 142 valence electrons. The lowest BCUT2D eigenvalue weighted by atomic mass is 10.2. The number of nitrogens with zero attached hydrogens (tertiary/aromatic N) is 1. The molecule has 0 saturated carbocycles. The maximum Gasteiger partial charge on any atom is 0.253 e. The third-order valence-corrected chi connectivity index (χ3v) is 6.19. The molecule has 0 unspecified atom stereocenters. The summed E-state index contributed by atoms with van der Waals surface area (Å²) in [6, 6.07) is 12.1. The standard InChI is InChI=1S/C19H19ClN2O4S/c20-15-5-9-17(10-6-15)27(25,26)13-18(23)21-16-7-3-14(4-8-16)19(24)22-11-1-2-12-22/h3-10H,1-2,11-13H2,(H,21,23). The minimum absolute atomic E-state index is 0.0318. The molecule has 1 heterocycles. The topological polar surface area (TPSA) is 83.5 Å². The Labute approximate surface area is 163 Å². The molecule has 2 aromatic rings. The van der Waals surface area contributed by atoms with Gasteiger partial charge in [0.2, 0.25) is 5.91 Å². The molecule has 2 aromatic carbocycles. The molecule has 0 bridgehead atoms. The van der Waals surface area contributed by atoms with Crippen LogP contribution in [0.2, 0.25) is 5.02 Å². The second kappa shape index (κ2) is 8.10. The Bertz CT molecular complexity index is 935. The fourth-order valence-electron chi connectivity index (χ4n) is 2.89. The molecule has 1 aliphatic rings. The molecule has 6 nitrogen and oxygen atoms in total. The number of nitrogens with one attached hydrogen (secondary N) is 1. The second-order valence-corrected chi connectivity index (χ2v) is 8.76. The first-order valence-corrected chi connectivity index (χ1v) is 10.6. The summed E-state index contributed by atoms with van der Waals surface area (Å²) in [6.45, 7) is 1.53. The second-order valence-electron chi connectivity index (χ2n) is 6.34. The van der Waals surface area contributed by atoms with Crippen LogP contribution in [-0.2, 0) is 14.6 Å². The zero-order valence-electron chi connectivity index (χ0n) is 14.5. The highest BCUT2D eigenvalue weighted by molar-refractivity contribution is 7.92. The fraction of sp³-hybridized carbons (Fsp3) is 0.263. The van der Waals surface area contributed by atoms with E-state index < -0.39 is 21.5 Å². The Morgan fingerprint density at radius 2 is 1.56 bits per heavy atom. The lowest BCUT2D eigenvalue weighted by Gasteiger charge is -2.15. The number of hydrogen-bond donors (Lipinski definition) is 1. The molecule has 1 fully saturated rings. The number of benzene rings is 2. The molecule has 0 atom stereocenters. The minimum atomic E-state index is -3.76. The average Bonchev–Trinajstić information content (AvgIpc) is 3.16. The van der Waals surface area contributed by atoms with Crippen LogP contribution in [0.1, 0.15) is 23.2 Å². The van der Waals surface area contributed by atoms with Gasteiger partial charge in [0.15, 0.2) is 9.84 Å². The molecule has 2 amide bonds. The average molecular weight is 407 g/mol. The van der Waals surface area contributed by atoms with Crippen LogP contribution in [0.15, 0.2) is 53.4 Å². The number of anilines is 1. The first-order chi connectivity index (χ1) is 12.8. The van der Waals surface area contributed by atoms with E-state index >= 15 is 0 Å². The molecule has 1 aliphatic heterocycles. The summed E-state index contributed by atoms with van der Waals surface area (Å²) in [5.41, 5.74) is 0.980. The molecule has 27 heavy (non-hydrogen) atoms. The quantitative estimate of drug-likeness (QED) is 0.827. The molecular weight excluding hydrogens is 388 g/mol. The number of likely N-dealkylation sites (tertiary alicyclic amines) is 1. The Hall–Kier alpha value is -2.38. The molecule has 8 heteroatoms. The van der Waals surface area contributed by atoms with E-state index in [0.717, 1.165) is 25.9 Å². The van der Waals surface area contributed by atoms with Crippen LogP contribution >= 0.6 is 11.6 Å². The maximum atomic E-state index is 12.3. The van der Waals surface area contributed by atoms with E-state index in [0.29, 0.717) is 16.3 Å². The smallest absolute Gasteiger partial charge is 0.253 e.